The van der Waals surface area contributed by atoms with Crippen molar-refractivity contribution in [3.05, 3.63) is 49.9 Å². The average molecular weight is 371 g/mol. The van der Waals surface area contributed by atoms with Gasteiger partial charge in [0.15, 0.2) is 5.69 Å². The lowest BCUT2D eigenvalue weighted by Crippen LogP contribution is -2.24. The molecule has 1 saturated carbocycles. The normalized spacial score (nSPS) is 19.4. The molecule has 0 aliphatic heterocycles. The van der Waals surface area contributed by atoms with E-state index in [-0.39, 0.29) is 30.0 Å². The minimum atomic E-state index is -1.07. The van der Waals surface area contributed by atoms with Crippen LogP contribution in [0, 0.1) is 5.92 Å². The van der Waals surface area contributed by atoms with Gasteiger partial charge in [-0.3, -0.25) is 4.79 Å². The fourth-order valence-electron chi connectivity index (χ4n) is 2.43. The average Bonchev–Trinajstić information content (AvgIpc) is 3.14. The van der Waals surface area contributed by atoms with E-state index >= 15 is 0 Å². The van der Waals surface area contributed by atoms with Crippen LogP contribution in [0.3, 0.4) is 0 Å². The molecule has 2 unspecified atom stereocenters. The molecule has 1 fully saturated rings. The lowest BCUT2D eigenvalue weighted by Gasteiger charge is -2.04. The number of aromatic nitrogens is 1. The fourth-order valence-corrected chi connectivity index (χ4v) is 3.68. The van der Waals surface area contributed by atoms with Gasteiger partial charge in [-0.05, 0) is 36.1 Å². The summed E-state index contributed by atoms with van der Waals surface area (Å²) in [7, 11) is 0. The fraction of sp³-hybridized carbons (Fsp3) is 0.267. The molecular weight excluding hydrogens is 359 g/mol. The zero-order valence-electron chi connectivity index (χ0n) is 11.8. The molecule has 1 heterocycles. The quantitative estimate of drug-likeness (QED) is 0.842. The first-order valence-electron chi connectivity index (χ1n) is 6.85. The zero-order valence-corrected chi connectivity index (χ0v) is 14.1. The Morgan fingerprint density at radius 3 is 2.61 bits per heavy atom. The number of amides is 1. The number of nitrogens with zero attached hydrogens (tertiary/aromatic N) is 1. The third-order valence-electron chi connectivity index (χ3n) is 3.62. The first-order valence-corrected chi connectivity index (χ1v) is 8.49. The molecule has 1 aromatic heterocycles. The summed E-state index contributed by atoms with van der Waals surface area (Å²) in [6, 6.07) is 5.31. The number of carbonyl (C=O) groups is 2. The summed E-state index contributed by atoms with van der Waals surface area (Å²) in [5.41, 5.74) is 0.960. The second kappa shape index (κ2) is 6.47. The van der Waals surface area contributed by atoms with Gasteiger partial charge in [-0.1, -0.05) is 23.2 Å². The molecule has 2 aromatic rings. The van der Waals surface area contributed by atoms with E-state index in [4.69, 9.17) is 28.3 Å². The zero-order chi connectivity index (χ0) is 16.6. The first kappa shape index (κ1) is 16.2. The van der Waals surface area contributed by atoms with E-state index in [0.717, 1.165) is 12.0 Å². The number of hydrogen-bond acceptors (Lipinski definition) is 4. The van der Waals surface area contributed by atoms with Crippen molar-refractivity contribution in [2.75, 3.05) is 0 Å². The van der Waals surface area contributed by atoms with E-state index < -0.39 is 5.97 Å². The molecule has 2 N–H and O–H groups in total. The van der Waals surface area contributed by atoms with E-state index in [1.807, 2.05) is 12.1 Å². The highest BCUT2D eigenvalue weighted by molar-refractivity contribution is 7.09. The summed E-state index contributed by atoms with van der Waals surface area (Å²) in [6.45, 7) is 0.232. The molecule has 1 aromatic carbocycles. The summed E-state index contributed by atoms with van der Waals surface area (Å²) in [4.78, 5) is 26.8. The molecule has 23 heavy (non-hydrogen) atoms. The highest BCUT2D eigenvalue weighted by Crippen LogP contribution is 2.48. The maximum absolute atomic E-state index is 12.2. The van der Waals surface area contributed by atoms with E-state index in [0.29, 0.717) is 15.1 Å². The van der Waals surface area contributed by atoms with Gasteiger partial charge in [-0.2, -0.15) is 0 Å². The van der Waals surface area contributed by atoms with Crippen molar-refractivity contribution in [3.8, 4) is 0 Å². The van der Waals surface area contributed by atoms with Crippen LogP contribution in [-0.2, 0) is 11.3 Å². The minimum Gasteiger partial charge on any atom is -0.476 e. The number of hydrogen-bond donors (Lipinski definition) is 2. The van der Waals surface area contributed by atoms with Crippen LogP contribution < -0.4 is 5.32 Å². The number of aromatic carboxylic acids is 1. The summed E-state index contributed by atoms with van der Waals surface area (Å²) in [6.07, 6.45) is 0.751. The second-order valence-corrected chi connectivity index (χ2v) is 7.12. The Morgan fingerprint density at radius 1 is 1.30 bits per heavy atom. The number of carboxylic acids is 1. The minimum absolute atomic E-state index is 0.00267. The van der Waals surface area contributed by atoms with Gasteiger partial charge >= 0.3 is 5.97 Å². The van der Waals surface area contributed by atoms with Crippen molar-refractivity contribution in [1.82, 2.24) is 10.3 Å². The van der Waals surface area contributed by atoms with Crippen molar-refractivity contribution in [2.24, 2.45) is 5.92 Å². The number of benzene rings is 1. The van der Waals surface area contributed by atoms with Gasteiger partial charge in [0.1, 0.15) is 5.01 Å². The Morgan fingerprint density at radius 2 is 2.00 bits per heavy atom. The highest BCUT2D eigenvalue weighted by atomic mass is 35.5. The molecule has 2 atom stereocenters. The van der Waals surface area contributed by atoms with Crippen LogP contribution in [0.25, 0.3) is 0 Å². The van der Waals surface area contributed by atoms with Gasteiger partial charge < -0.3 is 10.4 Å². The number of thiazole rings is 1. The van der Waals surface area contributed by atoms with Crippen molar-refractivity contribution < 1.29 is 14.7 Å². The second-order valence-electron chi connectivity index (χ2n) is 5.30. The molecule has 5 nitrogen and oxygen atoms in total. The molecule has 3 rings (SSSR count). The van der Waals surface area contributed by atoms with E-state index in [1.165, 1.54) is 16.7 Å². The van der Waals surface area contributed by atoms with Gasteiger partial charge in [0, 0.05) is 21.3 Å². The van der Waals surface area contributed by atoms with Crippen molar-refractivity contribution in [1.29, 1.82) is 0 Å². The molecule has 8 heteroatoms. The highest BCUT2D eigenvalue weighted by Gasteiger charge is 2.44. The molecule has 1 aliphatic carbocycles. The van der Waals surface area contributed by atoms with Crippen LogP contribution in [0.2, 0.25) is 10.0 Å². The van der Waals surface area contributed by atoms with Gasteiger partial charge in [0.05, 0.1) is 6.54 Å². The van der Waals surface area contributed by atoms with Crippen LogP contribution in [0.4, 0.5) is 0 Å². The SMILES string of the molecule is O=C(O)c1csc(CNC(=O)C2CC2c2cc(Cl)cc(Cl)c2)n1. The number of rotatable bonds is 5. The molecule has 0 radical (unpaired) electrons. The Labute approximate surface area is 146 Å². The molecule has 120 valence electrons. The number of halogens is 2. The molecule has 0 bridgehead atoms. The van der Waals surface area contributed by atoms with Crippen LogP contribution >= 0.6 is 34.5 Å². The topological polar surface area (TPSA) is 79.3 Å². The van der Waals surface area contributed by atoms with Crippen LogP contribution in [0.15, 0.2) is 23.6 Å². The third-order valence-corrected chi connectivity index (χ3v) is 4.91. The maximum atomic E-state index is 12.2. The molecular formula is C15H12Cl2N2O3S. The monoisotopic (exact) mass is 370 g/mol. The van der Waals surface area contributed by atoms with E-state index in [1.54, 1.807) is 6.07 Å². The van der Waals surface area contributed by atoms with Gasteiger partial charge in [0.25, 0.3) is 0 Å². The first-order chi connectivity index (χ1) is 10.9. The van der Waals surface area contributed by atoms with Crippen LogP contribution in [-0.4, -0.2) is 22.0 Å². The Hall–Kier alpha value is -1.63. The van der Waals surface area contributed by atoms with Gasteiger partial charge in [0.2, 0.25) is 5.91 Å². The number of carboxylic acid groups (broad SMARTS) is 1. The van der Waals surface area contributed by atoms with Crippen molar-refractivity contribution in [2.45, 2.75) is 18.9 Å². The number of nitrogens with one attached hydrogen (secondary N) is 1. The largest absolute Gasteiger partial charge is 0.476 e. The lowest BCUT2D eigenvalue weighted by atomic mass is 10.1. The van der Waals surface area contributed by atoms with Crippen LogP contribution in [0.5, 0.6) is 0 Å². The lowest BCUT2D eigenvalue weighted by molar-refractivity contribution is -0.122. The number of carbonyl (C=O) groups excluding carboxylic acids is 1. The van der Waals surface area contributed by atoms with Crippen LogP contribution in [0.1, 0.15) is 33.4 Å². The molecule has 0 saturated heterocycles. The molecule has 1 amide bonds. The standard InChI is InChI=1S/C15H12Cl2N2O3S/c16-8-1-7(2-9(17)3-8)10-4-11(10)14(20)18-5-13-19-12(6-23-13)15(21)22/h1-3,6,10-11H,4-5H2,(H,18,20)(H,21,22). The van der Waals surface area contributed by atoms with E-state index in [9.17, 15) is 9.59 Å². The molecule has 0 spiro atoms. The van der Waals surface area contributed by atoms with Gasteiger partial charge in [-0.15, -0.1) is 11.3 Å². The maximum Gasteiger partial charge on any atom is 0.355 e. The Kier molecular flexibility index (Phi) is 4.57. The summed E-state index contributed by atoms with van der Waals surface area (Å²) < 4.78 is 0. The Bertz CT molecular complexity index is 758. The summed E-state index contributed by atoms with van der Waals surface area (Å²) >= 11 is 13.2. The summed E-state index contributed by atoms with van der Waals surface area (Å²) in [5.74, 6) is -1.13. The molecule has 1 aliphatic rings. The van der Waals surface area contributed by atoms with Crippen molar-refractivity contribution in [3.63, 3.8) is 0 Å². The smallest absolute Gasteiger partial charge is 0.355 e. The third kappa shape index (κ3) is 3.83. The summed E-state index contributed by atoms with van der Waals surface area (Å²) in [5, 5.41) is 14.7. The Balaban J connectivity index is 1.56. The van der Waals surface area contributed by atoms with E-state index in [2.05, 4.69) is 10.3 Å². The van der Waals surface area contributed by atoms with Gasteiger partial charge in [-0.25, -0.2) is 9.78 Å². The predicted molar refractivity (Wildman–Crippen MR) is 88.2 cm³/mol. The van der Waals surface area contributed by atoms with Crippen molar-refractivity contribution >= 4 is 46.4 Å². The predicted octanol–water partition coefficient (Wildman–Crippen LogP) is 3.57.